The van der Waals surface area contributed by atoms with Crippen molar-refractivity contribution in [3.63, 3.8) is 0 Å². The summed E-state index contributed by atoms with van der Waals surface area (Å²) in [6.07, 6.45) is -3.72. The number of halogens is 4. The molecular weight excluding hydrogens is 597 g/mol. The van der Waals surface area contributed by atoms with Crippen molar-refractivity contribution in [2.24, 2.45) is 29.6 Å². The van der Waals surface area contributed by atoms with Gasteiger partial charge in [0, 0.05) is 57.7 Å². The quantitative estimate of drug-likeness (QED) is 0.216. The average Bonchev–Trinajstić information content (AvgIpc) is 3.50. The lowest BCUT2D eigenvalue weighted by Gasteiger charge is -2.45. The standard InChI is InChI=1S/C27H44ClF3N6O4S/c1-12-5-16(24(41-4)35-22(12)27(29,30)31)25(39)37-10-18-20(11-37)42-26(34-18)36-23(38)17-8-32-13(2)6-14(17)15-7-21(28)33-9-19(15)40-3/h12-22,24,26,32-35H,5-11H2,1-4H3,(H,36,38). The summed E-state index contributed by atoms with van der Waals surface area (Å²) >= 11 is 8.05. The van der Waals surface area contributed by atoms with Gasteiger partial charge >= 0.3 is 6.18 Å². The third-order valence-corrected chi connectivity index (χ3v) is 11.6. The number of nitrogens with zero attached hydrogens (tertiary/aromatic N) is 1. The Morgan fingerprint density at radius 2 is 1.74 bits per heavy atom. The van der Waals surface area contributed by atoms with Crippen molar-refractivity contribution >= 4 is 35.2 Å². The summed E-state index contributed by atoms with van der Waals surface area (Å²) < 4.78 is 51.4. The van der Waals surface area contributed by atoms with Crippen LogP contribution in [-0.4, -0.2) is 110 Å². The van der Waals surface area contributed by atoms with E-state index >= 15 is 0 Å². The molecule has 13 unspecified atom stereocenters. The van der Waals surface area contributed by atoms with Crippen LogP contribution >= 0.6 is 23.4 Å². The minimum atomic E-state index is -4.41. The van der Waals surface area contributed by atoms with Gasteiger partial charge in [0.05, 0.1) is 23.4 Å². The second-order valence-corrected chi connectivity index (χ2v) is 14.5. The molecule has 240 valence electrons. The van der Waals surface area contributed by atoms with Crippen LogP contribution in [0.2, 0.25) is 0 Å². The van der Waals surface area contributed by atoms with Crippen LogP contribution in [-0.2, 0) is 19.1 Å². The maximum Gasteiger partial charge on any atom is 0.404 e. The number of fused-ring (bicyclic) bond motifs is 1. The number of hydrogen-bond acceptors (Lipinski definition) is 9. The van der Waals surface area contributed by atoms with E-state index in [-0.39, 0.29) is 64.4 Å². The van der Waals surface area contributed by atoms with Gasteiger partial charge in [0.2, 0.25) is 11.8 Å². The Balaban J connectivity index is 1.16. The number of alkyl halides is 4. The predicted molar refractivity (Wildman–Crippen MR) is 153 cm³/mol. The fourth-order valence-corrected chi connectivity index (χ4v) is 9.38. The summed E-state index contributed by atoms with van der Waals surface area (Å²) in [4.78, 5) is 28.8. The summed E-state index contributed by atoms with van der Waals surface area (Å²) in [6.45, 7) is 5.79. The van der Waals surface area contributed by atoms with Crippen LogP contribution in [0.4, 0.5) is 13.2 Å². The second kappa shape index (κ2) is 13.2. The number of carbonyl (C=O) groups is 2. The molecule has 0 aliphatic carbocycles. The molecule has 2 amide bonds. The molecule has 42 heavy (non-hydrogen) atoms. The molecule has 13 atom stereocenters. The van der Waals surface area contributed by atoms with Crippen molar-refractivity contribution in [1.82, 2.24) is 31.5 Å². The van der Waals surface area contributed by atoms with Crippen LogP contribution in [0.5, 0.6) is 0 Å². The molecule has 15 heteroatoms. The Morgan fingerprint density at radius 3 is 2.40 bits per heavy atom. The Hall–Kier alpha value is -0.870. The first kappa shape index (κ1) is 32.5. The number of carbonyl (C=O) groups excluding carboxylic acids is 2. The maximum atomic E-state index is 13.6. The largest absolute Gasteiger partial charge is 0.404 e. The van der Waals surface area contributed by atoms with Crippen LogP contribution in [0.1, 0.15) is 33.1 Å². The van der Waals surface area contributed by atoms with Crippen molar-refractivity contribution in [2.45, 2.75) is 86.0 Å². The summed E-state index contributed by atoms with van der Waals surface area (Å²) in [5.41, 5.74) is -0.433. The molecule has 5 saturated heterocycles. The third-order valence-electron chi connectivity index (χ3n) is 9.87. The van der Waals surface area contributed by atoms with Gasteiger partial charge in [0.25, 0.3) is 0 Å². The monoisotopic (exact) mass is 640 g/mol. The highest BCUT2D eigenvalue weighted by Crippen LogP contribution is 2.40. The van der Waals surface area contributed by atoms with Crippen LogP contribution in [0.3, 0.4) is 0 Å². The van der Waals surface area contributed by atoms with E-state index in [1.54, 1.807) is 23.8 Å². The van der Waals surface area contributed by atoms with E-state index in [1.165, 1.54) is 14.0 Å². The number of thioether (sulfide) groups is 1. The van der Waals surface area contributed by atoms with Crippen molar-refractivity contribution in [2.75, 3.05) is 40.4 Å². The SMILES string of the molecule is COC1CNC(Cl)CC1C1CC(C)NCC1C(=O)NC1NC2CN(C(=O)C3CC(C)C(C(F)(F)F)NC3OC)CC2S1. The molecule has 0 bridgehead atoms. The lowest BCUT2D eigenvalue weighted by atomic mass is 9.70. The minimum Gasteiger partial charge on any atom is -0.380 e. The maximum absolute atomic E-state index is 13.6. The number of ether oxygens (including phenoxy) is 2. The van der Waals surface area contributed by atoms with Crippen molar-refractivity contribution in [3.05, 3.63) is 0 Å². The highest BCUT2D eigenvalue weighted by Gasteiger charge is 2.52. The molecule has 5 N–H and O–H groups in total. The normalized spacial score (nSPS) is 44.6. The zero-order valence-corrected chi connectivity index (χ0v) is 26.0. The van der Waals surface area contributed by atoms with E-state index in [4.69, 9.17) is 21.1 Å². The fourth-order valence-electron chi connectivity index (χ4n) is 7.68. The van der Waals surface area contributed by atoms with Gasteiger partial charge in [-0.05, 0) is 43.9 Å². The predicted octanol–water partition coefficient (Wildman–Crippen LogP) is 1.25. The van der Waals surface area contributed by atoms with Crippen LogP contribution in [0, 0.1) is 29.6 Å². The number of methoxy groups -OCH3 is 2. The fraction of sp³-hybridized carbons (Fsp3) is 0.926. The number of rotatable bonds is 6. The molecule has 5 rings (SSSR count). The Kier molecular flexibility index (Phi) is 10.3. The average molecular weight is 641 g/mol. The first-order chi connectivity index (χ1) is 19.9. The van der Waals surface area contributed by atoms with Gasteiger partial charge in [0.15, 0.2) is 0 Å². The lowest BCUT2D eigenvalue weighted by Crippen LogP contribution is -2.61. The van der Waals surface area contributed by atoms with Gasteiger partial charge in [-0.15, -0.1) is 23.4 Å². The molecule has 0 spiro atoms. The highest BCUT2D eigenvalue weighted by molar-refractivity contribution is 8.00. The number of piperidine rings is 3. The molecule has 0 saturated carbocycles. The molecule has 10 nitrogen and oxygen atoms in total. The second-order valence-electron chi connectivity index (χ2n) is 12.6. The lowest BCUT2D eigenvalue weighted by molar-refractivity contribution is -0.194. The summed E-state index contributed by atoms with van der Waals surface area (Å²) in [7, 11) is 3.03. The highest BCUT2D eigenvalue weighted by atomic mass is 35.5. The van der Waals surface area contributed by atoms with E-state index in [0.29, 0.717) is 32.2 Å². The molecule has 5 fully saturated rings. The molecule has 0 radical (unpaired) electrons. The summed E-state index contributed by atoms with van der Waals surface area (Å²) in [6, 6.07) is -1.44. The number of hydrogen-bond donors (Lipinski definition) is 5. The van der Waals surface area contributed by atoms with Crippen LogP contribution < -0.4 is 26.6 Å². The van der Waals surface area contributed by atoms with Crippen molar-refractivity contribution in [1.29, 1.82) is 0 Å². The smallest absolute Gasteiger partial charge is 0.380 e. The van der Waals surface area contributed by atoms with Crippen molar-refractivity contribution < 1.29 is 32.2 Å². The van der Waals surface area contributed by atoms with Crippen LogP contribution in [0.15, 0.2) is 0 Å². The molecule has 5 heterocycles. The first-order valence-corrected chi connectivity index (χ1v) is 16.3. The van der Waals surface area contributed by atoms with Gasteiger partial charge in [-0.3, -0.25) is 25.5 Å². The molecule has 0 aromatic carbocycles. The Morgan fingerprint density at radius 1 is 0.976 bits per heavy atom. The molecular formula is C27H44ClF3N6O4S. The van der Waals surface area contributed by atoms with E-state index in [9.17, 15) is 22.8 Å². The zero-order valence-electron chi connectivity index (χ0n) is 24.5. The van der Waals surface area contributed by atoms with Gasteiger partial charge in [0.1, 0.15) is 17.8 Å². The number of likely N-dealkylation sites (tertiary alicyclic amines) is 1. The van der Waals surface area contributed by atoms with Crippen LogP contribution in [0.25, 0.3) is 0 Å². The van der Waals surface area contributed by atoms with Gasteiger partial charge in [-0.1, -0.05) is 6.92 Å². The topological polar surface area (TPSA) is 116 Å². The van der Waals surface area contributed by atoms with Crippen molar-refractivity contribution in [3.8, 4) is 0 Å². The van der Waals surface area contributed by atoms with E-state index in [2.05, 4.69) is 33.5 Å². The zero-order chi connectivity index (χ0) is 30.3. The van der Waals surface area contributed by atoms with Gasteiger partial charge < -0.3 is 25.0 Å². The number of amides is 2. The van der Waals surface area contributed by atoms with E-state index < -0.39 is 30.3 Å². The van der Waals surface area contributed by atoms with E-state index in [0.717, 1.165) is 12.8 Å². The first-order valence-electron chi connectivity index (χ1n) is 14.9. The summed E-state index contributed by atoms with van der Waals surface area (Å²) in [5, 5.41) is 16.0. The van der Waals surface area contributed by atoms with Gasteiger partial charge in [-0.2, -0.15) is 13.2 Å². The molecule has 0 aromatic heterocycles. The van der Waals surface area contributed by atoms with Gasteiger partial charge in [-0.25, -0.2) is 0 Å². The minimum absolute atomic E-state index is 0.00753. The Bertz CT molecular complexity index is 973. The Labute approximate surface area is 254 Å². The number of nitrogens with one attached hydrogen (secondary N) is 5. The molecule has 0 aromatic rings. The molecule has 5 aliphatic heterocycles. The molecule has 5 aliphatic rings. The summed E-state index contributed by atoms with van der Waals surface area (Å²) in [5.74, 6) is -1.58. The van der Waals surface area contributed by atoms with E-state index in [1.807, 2.05) is 0 Å². The third kappa shape index (κ3) is 6.85.